The van der Waals surface area contributed by atoms with Gasteiger partial charge in [-0.1, -0.05) is 20.8 Å². The van der Waals surface area contributed by atoms with Gasteiger partial charge in [0.25, 0.3) is 0 Å². The second-order valence-electron chi connectivity index (χ2n) is 4.61. The Morgan fingerprint density at radius 3 is 2.25 bits per heavy atom. The molecule has 92 valence electrons. The average molecular weight is 228 g/mol. The van der Waals surface area contributed by atoms with Crippen LogP contribution in [0.4, 0.5) is 4.79 Å². The molecular weight excluding hydrogens is 208 g/mol. The molecule has 0 spiro atoms. The smallest absolute Gasteiger partial charge is 0.326 e. The van der Waals surface area contributed by atoms with Gasteiger partial charge in [0, 0.05) is 13.1 Å². The highest BCUT2D eigenvalue weighted by molar-refractivity contribution is 5.82. The third kappa shape index (κ3) is 2.87. The summed E-state index contributed by atoms with van der Waals surface area (Å²) >= 11 is 0. The van der Waals surface area contributed by atoms with Crippen molar-refractivity contribution in [1.82, 2.24) is 10.2 Å². The van der Waals surface area contributed by atoms with E-state index in [0.29, 0.717) is 31.3 Å². The normalized spacial score (nSPS) is 26.6. The number of carbonyl (C=O) groups is 2. The predicted octanol–water partition coefficient (Wildman–Crippen LogP) is 1.15. The van der Waals surface area contributed by atoms with Gasteiger partial charge < -0.3 is 15.3 Å². The van der Waals surface area contributed by atoms with Crippen LogP contribution in [-0.2, 0) is 4.79 Å². The highest BCUT2D eigenvalue weighted by Gasteiger charge is 2.30. The molecule has 0 bridgehead atoms. The number of nitrogens with one attached hydrogen (secondary N) is 1. The number of hydrogen-bond donors (Lipinski definition) is 2. The zero-order valence-corrected chi connectivity index (χ0v) is 10.1. The maximum absolute atomic E-state index is 11.8. The first-order chi connectivity index (χ1) is 7.45. The minimum atomic E-state index is -0.976. The molecule has 0 aromatic heterocycles. The topological polar surface area (TPSA) is 69.6 Å². The quantitative estimate of drug-likeness (QED) is 0.761. The van der Waals surface area contributed by atoms with Crippen LogP contribution in [0, 0.1) is 11.8 Å². The molecule has 0 aromatic carbocycles. The van der Waals surface area contributed by atoms with Gasteiger partial charge in [0.15, 0.2) is 0 Å². The van der Waals surface area contributed by atoms with Crippen molar-refractivity contribution in [3.05, 3.63) is 0 Å². The van der Waals surface area contributed by atoms with Crippen molar-refractivity contribution in [1.29, 1.82) is 0 Å². The van der Waals surface area contributed by atoms with E-state index in [2.05, 4.69) is 19.2 Å². The van der Waals surface area contributed by atoms with E-state index >= 15 is 0 Å². The first-order valence-electron chi connectivity index (χ1n) is 5.74. The van der Waals surface area contributed by atoms with Gasteiger partial charge in [-0.15, -0.1) is 0 Å². The van der Waals surface area contributed by atoms with E-state index in [-0.39, 0.29) is 6.03 Å². The zero-order chi connectivity index (χ0) is 12.3. The van der Waals surface area contributed by atoms with Gasteiger partial charge in [-0.2, -0.15) is 0 Å². The summed E-state index contributed by atoms with van der Waals surface area (Å²) in [5.41, 5.74) is 0. The van der Waals surface area contributed by atoms with Crippen LogP contribution >= 0.6 is 0 Å². The minimum absolute atomic E-state index is 0.259. The Morgan fingerprint density at radius 1 is 1.38 bits per heavy atom. The third-order valence-corrected chi connectivity index (χ3v) is 3.28. The summed E-state index contributed by atoms with van der Waals surface area (Å²) in [5, 5.41) is 11.4. The largest absolute Gasteiger partial charge is 0.480 e. The maximum atomic E-state index is 11.8. The number of carbonyl (C=O) groups excluding carboxylic acids is 1. The summed E-state index contributed by atoms with van der Waals surface area (Å²) < 4.78 is 0. The number of likely N-dealkylation sites (tertiary alicyclic amines) is 1. The number of carboxylic acid groups (broad SMARTS) is 1. The molecule has 2 N–H and O–H groups in total. The highest BCUT2D eigenvalue weighted by atomic mass is 16.4. The molecule has 0 radical (unpaired) electrons. The SMILES string of the molecule is CC[C@H](NC(=O)N1CC(C)C(C)C1)C(=O)O. The summed E-state index contributed by atoms with van der Waals surface area (Å²) in [7, 11) is 0. The maximum Gasteiger partial charge on any atom is 0.326 e. The molecular formula is C11H20N2O3. The molecule has 1 rings (SSSR count). The van der Waals surface area contributed by atoms with E-state index < -0.39 is 12.0 Å². The fourth-order valence-corrected chi connectivity index (χ4v) is 1.87. The summed E-state index contributed by atoms with van der Waals surface area (Å²) in [6.45, 7) is 7.37. The van der Waals surface area contributed by atoms with Crippen LogP contribution < -0.4 is 5.32 Å². The van der Waals surface area contributed by atoms with E-state index in [1.807, 2.05) is 0 Å². The van der Waals surface area contributed by atoms with Crippen LogP contribution in [0.2, 0.25) is 0 Å². The van der Waals surface area contributed by atoms with Crippen molar-refractivity contribution >= 4 is 12.0 Å². The molecule has 2 unspecified atom stereocenters. The Labute approximate surface area is 95.8 Å². The Bertz CT molecular complexity index is 270. The third-order valence-electron chi connectivity index (χ3n) is 3.28. The van der Waals surface area contributed by atoms with Gasteiger partial charge in [0.05, 0.1) is 0 Å². The standard InChI is InChI=1S/C11H20N2O3/c1-4-9(10(14)15)12-11(16)13-5-7(2)8(3)6-13/h7-9H,4-6H2,1-3H3,(H,12,16)(H,14,15)/t7?,8?,9-/m0/s1. The van der Waals surface area contributed by atoms with Crippen LogP contribution in [0.15, 0.2) is 0 Å². The van der Waals surface area contributed by atoms with Gasteiger partial charge >= 0.3 is 12.0 Å². The van der Waals surface area contributed by atoms with Crippen LogP contribution in [0.3, 0.4) is 0 Å². The number of nitrogens with zero attached hydrogens (tertiary/aromatic N) is 1. The zero-order valence-electron chi connectivity index (χ0n) is 10.1. The lowest BCUT2D eigenvalue weighted by Gasteiger charge is -2.20. The second kappa shape index (κ2) is 5.18. The fourth-order valence-electron chi connectivity index (χ4n) is 1.87. The van der Waals surface area contributed by atoms with Crippen LogP contribution in [0.1, 0.15) is 27.2 Å². The number of urea groups is 1. The first-order valence-corrected chi connectivity index (χ1v) is 5.74. The van der Waals surface area contributed by atoms with E-state index in [1.54, 1.807) is 11.8 Å². The Kier molecular flexibility index (Phi) is 4.15. The summed E-state index contributed by atoms with van der Waals surface area (Å²) in [6.07, 6.45) is 0.403. The van der Waals surface area contributed by atoms with Crippen molar-refractivity contribution in [3.63, 3.8) is 0 Å². The lowest BCUT2D eigenvalue weighted by Crippen LogP contribution is -2.47. The summed E-state index contributed by atoms with van der Waals surface area (Å²) in [6, 6.07) is -1.04. The van der Waals surface area contributed by atoms with E-state index in [9.17, 15) is 9.59 Å². The van der Waals surface area contributed by atoms with Crippen LogP contribution in [-0.4, -0.2) is 41.1 Å². The molecule has 0 saturated carbocycles. The van der Waals surface area contributed by atoms with Gasteiger partial charge in [-0.3, -0.25) is 0 Å². The molecule has 0 aromatic rings. The van der Waals surface area contributed by atoms with Crippen LogP contribution in [0.5, 0.6) is 0 Å². The Balaban J connectivity index is 2.50. The Morgan fingerprint density at radius 2 is 1.88 bits per heavy atom. The van der Waals surface area contributed by atoms with Gasteiger partial charge in [-0.25, -0.2) is 9.59 Å². The molecule has 16 heavy (non-hydrogen) atoms. The van der Waals surface area contributed by atoms with E-state index in [1.165, 1.54) is 0 Å². The average Bonchev–Trinajstić information content (AvgIpc) is 2.55. The molecule has 1 aliphatic heterocycles. The number of carboxylic acids is 1. The lowest BCUT2D eigenvalue weighted by atomic mass is 10.0. The summed E-state index contributed by atoms with van der Waals surface area (Å²) in [4.78, 5) is 24.2. The van der Waals surface area contributed by atoms with Gasteiger partial charge in [0.2, 0.25) is 0 Å². The van der Waals surface area contributed by atoms with Crippen LogP contribution in [0.25, 0.3) is 0 Å². The highest BCUT2D eigenvalue weighted by Crippen LogP contribution is 2.21. The molecule has 5 heteroatoms. The number of rotatable bonds is 3. The van der Waals surface area contributed by atoms with E-state index in [4.69, 9.17) is 5.11 Å². The number of amides is 2. The lowest BCUT2D eigenvalue weighted by molar-refractivity contribution is -0.139. The van der Waals surface area contributed by atoms with Crippen molar-refractivity contribution in [2.24, 2.45) is 11.8 Å². The number of aliphatic carboxylic acids is 1. The van der Waals surface area contributed by atoms with Crippen molar-refractivity contribution in [2.45, 2.75) is 33.2 Å². The Hall–Kier alpha value is -1.26. The predicted molar refractivity (Wildman–Crippen MR) is 60.1 cm³/mol. The minimum Gasteiger partial charge on any atom is -0.480 e. The molecule has 3 atom stereocenters. The van der Waals surface area contributed by atoms with Gasteiger partial charge in [0.1, 0.15) is 6.04 Å². The molecule has 1 aliphatic rings. The molecule has 5 nitrogen and oxygen atoms in total. The van der Waals surface area contributed by atoms with Gasteiger partial charge in [-0.05, 0) is 18.3 Å². The molecule has 2 amide bonds. The molecule has 1 heterocycles. The molecule has 1 fully saturated rings. The fraction of sp³-hybridized carbons (Fsp3) is 0.818. The second-order valence-corrected chi connectivity index (χ2v) is 4.61. The van der Waals surface area contributed by atoms with Crippen molar-refractivity contribution < 1.29 is 14.7 Å². The monoisotopic (exact) mass is 228 g/mol. The summed E-state index contributed by atoms with van der Waals surface area (Å²) in [5.74, 6) is -0.0116. The molecule has 1 saturated heterocycles. The van der Waals surface area contributed by atoms with E-state index in [0.717, 1.165) is 0 Å². The van der Waals surface area contributed by atoms with Crippen molar-refractivity contribution in [2.75, 3.05) is 13.1 Å². The molecule has 0 aliphatic carbocycles. The van der Waals surface area contributed by atoms with Crippen molar-refractivity contribution in [3.8, 4) is 0 Å². The number of hydrogen-bond acceptors (Lipinski definition) is 2. The first kappa shape index (κ1) is 12.8.